The van der Waals surface area contributed by atoms with E-state index in [2.05, 4.69) is 126 Å². The van der Waals surface area contributed by atoms with Crippen LogP contribution in [-0.4, -0.2) is 16.1 Å². The molecule has 0 aliphatic carbocycles. The van der Waals surface area contributed by atoms with Gasteiger partial charge in [-0.2, -0.15) is 0 Å². The van der Waals surface area contributed by atoms with E-state index in [0.717, 1.165) is 0 Å². The maximum absolute atomic E-state index is 2.48. The van der Waals surface area contributed by atoms with Crippen LogP contribution in [0.4, 0.5) is 0 Å². The molecule has 0 radical (unpaired) electrons. The Morgan fingerprint density at radius 2 is 0.967 bits per heavy atom. The van der Waals surface area contributed by atoms with E-state index in [1.54, 1.807) is 10.4 Å². The Balaban J connectivity index is 2.23. The van der Waals surface area contributed by atoms with E-state index in [4.69, 9.17) is 0 Å². The lowest BCUT2D eigenvalue weighted by Gasteiger charge is -2.28. The summed E-state index contributed by atoms with van der Waals surface area (Å²) in [7, 11) is -3.08. The molecule has 2 heteroatoms. The van der Waals surface area contributed by atoms with E-state index in [-0.39, 0.29) is 0 Å². The van der Waals surface area contributed by atoms with Gasteiger partial charge < -0.3 is 0 Å². The Morgan fingerprint density at radius 3 is 1.40 bits per heavy atom. The summed E-state index contributed by atoms with van der Waals surface area (Å²) in [6.07, 6.45) is 4.69. The van der Waals surface area contributed by atoms with Crippen LogP contribution in [0.15, 0.2) is 60.7 Å². The van der Waals surface area contributed by atoms with Crippen LogP contribution < -0.4 is 10.4 Å². The number of aryl methyl sites for hydroxylation is 2. The second kappa shape index (κ2) is 8.52. The molecular weight excluding hydrogens is 392 g/mol. The molecule has 30 heavy (non-hydrogen) atoms. The average molecular weight is 429 g/mol. The zero-order valence-electron chi connectivity index (χ0n) is 19.9. The van der Waals surface area contributed by atoms with E-state index >= 15 is 0 Å². The summed E-state index contributed by atoms with van der Waals surface area (Å²) in [6.45, 7) is 19.1. The van der Waals surface area contributed by atoms with Gasteiger partial charge in [0.15, 0.2) is 0 Å². The summed E-state index contributed by atoms with van der Waals surface area (Å²) in [5, 5.41) is 3.14. The van der Waals surface area contributed by atoms with Crippen LogP contribution in [0.25, 0.3) is 23.3 Å². The first kappa shape index (κ1) is 22.5. The van der Waals surface area contributed by atoms with Crippen LogP contribution in [0.2, 0.25) is 39.3 Å². The number of hydrogen-bond acceptors (Lipinski definition) is 0. The minimum atomic E-state index is -1.54. The normalized spacial score (nSPS) is 12.5. The Kier molecular flexibility index (Phi) is 6.40. The Bertz CT molecular complexity index is 1010. The fourth-order valence-electron chi connectivity index (χ4n) is 3.84. The van der Waals surface area contributed by atoms with Gasteiger partial charge in [0, 0.05) is 0 Å². The summed E-state index contributed by atoms with van der Waals surface area (Å²) >= 11 is 0. The lowest BCUT2D eigenvalue weighted by atomic mass is 10.0. The largest absolute Gasteiger partial charge is 0.0784 e. The second-order valence-corrected chi connectivity index (χ2v) is 20.7. The van der Waals surface area contributed by atoms with E-state index in [0.29, 0.717) is 0 Å². The minimum Gasteiger partial charge on any atom is -0.0656 e. The van der Waals surface area contributed by atoms with Crippen LogP contribution in [-0.2, 0) is 0 Å². The summed E-state index contributed by atoms with van der Waals surface area (Å²) in [4.78, 5) is 0. The highest BCUT2D eigenvalue weighted by atomic mass is 28.3. The second-order valence-electron chi connectivity index (χ2n) is 10.6. The van der Waals surface area contributed by atoms with Crippen LogP contribution in [0.1, 0.15) is 22.3 Å². The predicted molar refractivity (Wildman–Crippen MR) is 143 cm³/mol. The highest BCUT2D eigenvalue weighted by Crippen LogP contribution is 2.23. The van der Waals surface area contributed by atoms with Gasteiger partial charge in [-0.3, -0.25) is 0 Å². The lowest BCUT2D eigenvalue weighted by Crippen LogP contribution is -2.48. The highest BCUT2D eigenvalue weighted by Gasteiger charge is 2.27. The fourth-order valence-corrected chi connectivity index (χ4v) is 7.20. The van der Waals surface area contributed by atoms with Crippen molar-refractivity contribution in [2.24, 2.45) is 0 Å². The highest BCUT2D eigenvalue weighted by molar-refractivity contribution is 6.92. The van der Waals surface area contributed by atoms with Gasteiger partial charge >= 0.3 is 0 Å². The van der Waals surface area contributed by atoms with E-state index in [9.17, 15) is 0 Å². The fraction of sp³-hybridized carbons (Fsp3) is 0.286. The summed E-state index contributed by atoms with van der Waals surface area (Å²) in [5.74, 6) is 0. The molecule has 3 aromatic rings. The van der Waals surface area contributed by atoms with Gasteiger partial charge in [0.05, 0.1) is 16.1 Å². The van der Waals surface area contributed by atoms with Crippen LogP contribution in [0.3, 0.4) is 0 Å². The third-order valence-electron chi connectivity index (χ3n) is 5.70. The molecule has 0 bridgehead atoms. The van der Waals surface area contributed by atoms with Gasteiger partial charge in [-0.1, -0.05) is 134 Å². The maximum atomic E-state index is 2.48. The topological polar surface area (TPSA) is 0 Å². The van der Waals surface area contributed by atoms with Crippen molar-refractivity contribution in [3.8, 4) is 11.1 Å². The minimum absolute atomic E-state index is 1.27. The molecule has 0 aromatic heterocycles. The molecule has 0 saturated heterocycles. The smallest absolute Gasteiger partial charge is 0.0656 e. The molecule has 0 saturated carbocycles. The molecule has 0 spiro atoms. The van der Waals surface area contributed by atoms with Crippen molar-refractivity contribution >= 4 is 38.7 Å². The van der Waals surface area contributed by atoms with Crippen molar-refractivity contribution in [2.75, 3.05) is 0 Å². The zero-order chi connectivity index (χ0) is 22.1. The number of benzene rings is 3. The Hall–Kier alpha value is -2.17. The summed E-state index contributed by atoms with van der Waals surface area (Å²) in [5.41, 5.74) is 8.06. The molecule has 0 nitrogen and oxygen atoms in total. The lowest BCUT2D eigenvalue weighted by molar-refractivity contribution is 1.46. The quantitative estimate of drug-likeness (QED) is 0.297. The van der Waals surface area contributed by atoms with Crippen LogP contribution >= 0.6 is 0 Å². The van der Waals surface area contributed by atoms with Gasteiger partial charge in [-0.25, -0.2) is 0 Å². The van der Waals surface area contributed by atoms with Gasteiger partial charge in [0.25, 0.3) is 0 Å². The Labute approximate surface area is 185 Å². The molecule has 0 aliphatic heterocycles. The van der Waals surface area contributed by atoms with Crippen molar-refractivity contribution in [2.45, 2.75) is 53.1 Å². The molecular formula is C28H36Si2. The van der Waals surface area contributed by atoms with Crippen molar-refractivity contribution in [3.63, 3.8) is 0 Å². The molecule has 0 fully saturated rings. The maximum Gasteiger partial charge on any atom is 0.0784 e. The van der Waals surface area contributed by atoms with E-state index < -0.39 is 16.1 Å². The van der Waals surface area contributed by atoms with Crippen LogP contribution in [0, 0.1) is 13.8 Å². The Morgan fingerprint density at radius 1 is 0.533 bits per heavy atom. The SMILES string of the molecule is Cc1ccc(/C=C/c2c([Si](C)(C)C)cc(-c3ccc(C)cc3)cc2[Si](C)(C)C)cc1. The molecule has 0 heterocycles. The molecule has 0 amide bonds. The van der Waals surface area contributed by atoms with Gasteiger partial charge in [-0.05, 0) is 36.1 Å². The number of rotatable bonds is 5. The van der Waals surface area contributed by atoms with E-state index in [1.165, 1.54) is 33.4 Å². The first-order chi connectivity index (χ1) is 13.9. The molecule has 0 N–H and O–H groups in total. The molecule has 0 atom stereocenters. The van der Waals surface area contributed by atoms with Crippen molar-refractivity contribution < 1.29 is 0 Å². The molecule has 156 valence electrons. The third-order valence-corrected chi connectivity index (χ3v) is 9.76. The van der Waals surface area contributed by atoms with Gasteiger partial charge in [0.2, 0.25) is 0 Å². The van der Waals surface area contributed by atoms with Crippen molar-refractivity contribution in [1.82, 2.24) is 0 Å². The average Bonchev–Trinajstić information content (AvgIpc) is 2.66. The molecule has 3 aromatic carbocycles. The standard InChI is InChI=1S/C28H36Si2/c1-21-9-13-23(14-10-21)15-18-26-27(29(3,4)5)19-25(20-28(26)30(6,7)8)24-16-11-22(2)12-17-24/h9-20H,1-8H3/b18-15+. The van der Waals surface area contributed by atoms with Crippen LogP contribution in [0.5, 0.6) is 0 Å². The molecule has 0 aliphatic rings. The van der Waals surface area contributed by atoms with Crippen molar-refractivity contribution in [1.29, 1.82) is 0 Å². The monoisotopic (exact) mass is 428 g/mol. The summed E-state index contributed by atoms with van der Waals surface area (Å²) < 4.78 is 0. The van der Waals surface area contributed by atoms with Gasteiger partial charge in [-0.15, -0.1) is 0 Å². The first-order valence-electron chi connectivity index (χ1n) is 11.0. The number of hydrogen-bond donors (Lipinski definition) is 0. The summed E-state index contributed by atoms with van der Waals surface area (Å²) in [6, 6.07) is 22.8. The predicted octanol–water partition coefficient (Wildman–Crippen LogP) is 7.23. The molecule has 0 unspecified atom stereocenters. The van der Waals surface area contributed by atoms with Crippen molar-refractivity contribution in [3.05, 3.63) is 82.9 Å². The van der Waals surface area contributed by atoms with E-state index in [1.807, 2.05) is 0 Å². The third kappa shape index (κ3) is 5.30. The first-order valence-corrected chi connectivity index (χ1v) is 18.0. The zero-order valence-corrected chi connectivity index (χ0v) is 21.9. The molecule has 3 rings (SSSR count). The van der Waals surface area contributed by atoms with Gasteiger partial charge in [0.1, 0.15) is 0 Å².